The Kier molecular flexibility index (Phi) is 4.36. The molecule has 0 radical (unpaired) electrons. The van der Waals surface area contributed by atoms with Crippen LogP contribution in [0.1, 0.15) is 49.6 Å². The van der Waals surface area contributed by atoms with Gasteiger partial charge in [-0.25, -0.2) is 4.98 Å². The Morgan fingerprint density at radius 3 is 2.88 bits per heavy atom. The first-order chi connectivity index (χ1) is 7.75. The van der Waals surface area contributed by atoms with Crippen LogP contribution in [0.5, 0.6) is 0 Å². The third-order valence-electron chi connectivity index (χ3n) is 3.62. The smallest absolute Gasteiger partial charge is 0.0798 e. The van der Waals surface area contributed by atoms with E-state index in [-0.39, 0.29) is 0 Å². The van der Waals surface area contributed by atoms with Crippen LogP contribution in [0.4, 0.5) is 0 Å². The second-order valence-corrected chi connectivity index (χ2v) is 5.97. The molecule has 0 amide bonds. The number of nitrogens with zero attached hydrogens (tertiary/aromatic N) is 1. The van der Waals surface area contributed by atoms with Crippen molar-refractivity contribution in [2.24, 2.45) is 5.92 Å². The van der Waals surface area contributed by atoms with Gasteiger partial charge in [-0.05, 0) is 26.2 Å². The van der Waals surface area contributed by atoms with Gasteiger partial charge in [-0.15, -0.1) is 11.3 Å². The predicted octanol–water partition coefficient (Wildman–Crippen LogP) is 3.51. The molecule has 0 spiro atoms. The van der Waals surface area contributed by atoms with E-state index < -0.39 is 0 Å². The maximum Gasteiger partial charge on any atom is 0.0798 e. The average Bonchev–Trinajstić information content (AvgIpc) is 2.87. The lowest BCUT2D eigenvalue weighted by Gasteiger charge is -2.17. The monoisotopic (exact) mass is 238 g/mol. The van der Waals surface area contributed by atoms with E-state index in [4.69, 9.17) is 0 Å². The summed E-state index contributed by atoms with van der Waals surface area (Å²) in [7, 11) is 0. The number of hydrogen-bond acceptors (Lipinski definition) is 3. The van der Waals surface area contributed by atoms with Gasteiger partial charge in [-0.3, -0.25) is 0 Å². The molecule has 1 N–H and O–H groups in total. The highest BCUT2D eigenvalue weighted by Crippen LogP contribution is 2.28. The van der Waals surface area contributed by atoms with Gasteiger partial charge in [-0.1, -0.05) is 25.7 Å². The minimum atomic E-state index is 0.643. The first kappa shape index (κ1) is 12.1. The summed E-state index contributed by atoms with van der Waals surface area (Å²) in [6, 6.07) is 0.643. The van der Waals surface area contributed by atoms with E-state index in [1.54, 1.807) is 11.3 Å². The van der Waals surface area contributed by atoms with Gasteiger partial charge in [0.2, 0.25) is 0 Å². The average molecular weight is 238 g/mol. The van der Waals surface area contributed by atoms with Gasteiger partial charge >= 0.3 is 0 Å². The zero-order valence-electron chi connectivity index (χ0n) is 10.3. The van der Waals surface area contributed by atoms with Crippen molar-refractivity contribution in [3.8, 4) is 0 Å². The molecule has 1 aliphatic carbocycles. The molecule has 90 valence electrons. The van der Waals surface area contributed by atoms with E-state index in [0.717, 1.165) is 12.5 Å². The summed E-state index contributed by atoms with van der Waals surface area (Å²) in [6.45, 7) is 5.40. The standard InChI is InChI=1S/C13H22N2S/c1-10(7-12-5-3-4-6-12)14-8-13-11(2)15-9-16-13/h9-10,12,14H,3-8H2,1-2H3. The molecule has 2 nitrogen and oxygen atoms in total. The topological polar surface area (TPSA) is 24.9 Å². The lowest BCUT2D eigenvalue weighted by Crippen LogP contribution is -2.27. The molecule has 16 heavy (non-hydrogen) atoms. The van der Waals surface area contributed by atoms with E-state index in [2.05, 4.69) is 24.1 Å². The minimum absolute atomic E-state index is 0.643. The Bertz CT molecular complexity index is 315. The number of thiazole rings is 1. The number of nitrogens with one attached hydrogen (secondary N) is 1. The van der Waals surface area contributed by atoms with Gasteiger partial charge in [0, 0.05) is 17.5 Å². The second kappa shape index (κ2) is 5.78. The van der Waals surface area contributed by atoms with Crippen LogP contribution in [0.3, 0.4) is 0 Å². The van der Waals surface area contributed by atoms with Crippen LogP contribution < -0.4 is 5.32 Å². The van der Waals surface area contributed by atoms with E-state index in [0.29, 0.717) is 6.04 Å². The fraction of sp³-hybridized carbons (Fsp3) is 0.769. The fourth-order valence-corrected chi connectivity index (χ4v) is 3.32. The van der Waals surface area contributed by atoms with Crippen molar-refractivity contribution in [1.29, 1.82) is 0 Å². The van der Waals surface area contributed by atoms with Crippen molar-refractivity contribution in [2.75, 3.05) is 0 Å². The largest absolute Gasteiger partial charge is 0.309 e. The molecule has 1 fully saturated rings. The van der Waals surface area contributed by atoms with Crippen LogP contribution in [0, 0.1) is 12.8 Å². The zero-order valence-corrected chi connectivity index (χ0v) is 11.1. The summed E-state index contributed by atoms with van der Waals surface area (Å²) in [5, 5.41) is 3.62. The van der Waals surface area contributed by atoms with E-state index in [9.17, 15) is 0 Å². The predicted molar refractivity (Wildman–Crippen MR) is 69.7 cm³/mol. The van der Waals surface area contributed by atoms with Crippen molar-refractivity contribution in [2.45, 2.75) is 58.5 Å². The lowest BCUT2D eigenvalue weighted by molar-refractivity contribution is 0.405. The number of aromatic nitrogens is 1. The normalized spacial score (nSPS) is 19.1. The molecular weight excluding hydrogens is 216 g/mol. The Balaban J connectivity index is 1.71. The molecule has 1 unspecified atom stereocenters. The Morgan fingerprint density at radius 2 is 2.25 bits per heavy atom. The van der Waals surface area contributed by atoms with E-state index >= 15 is 0 Å². The molecule has 1 heterocycles. The Morgan fingerprint density at radius 1 is 1.50 bits per heavy atom. The van der Waals surface area contributed by atoms with Crippen molar-refractivity contribution in [3.05, 3.63) is 16.1 Å². The van der Waals surface area contributed by atoms with Crippen molar-refractivity contribution in [1.82, 2.24) is 10.3 Å². The van der Waals surface area contributed by atoms with Crippen molar-refractivity contribution in [3.63, 3.8) is 0 Å². The van der Waals surface area contributed by atoms with Crippen LogP contribution in [0.25, 0.3) is 0 Å². The molecule has 0 bridgehead atoms. The van der Waals surface area contributed by atoms with Gasteiger partial charge < -0.3 is 5.32 Å². The highest BCUT2D eigenvalue weighted by Gasteiger charge is 2.17. The van der Waals surface area contributed by atoms with Crippen LogP contribution in [0.15, 0.2) is 5.51 Å². The Labute approximate surface area is 102 Å². The van der Waals surface area contributed by atoms with Gasteiger partial charge in [-0.2, -0.15) is 0 Å². The molecule has 3 heteroatoms. The highest BCUT2D eigenvalue weighted by atomic mass is 32.1. The molecule has 2 rings (SSSR count). The summed E-state index contributed by atoms with van der Waals surface area (Å²) in [4.78, 5) is 5.66. The Hall–Kier alpha value is -0.410. The van der Waals surface area contributed by atoms with Gasteiger partial charge in [0.05, 0.1) is 11.2 Å². The summed E-state index contributed by atoms with van der Waals surface area (Å²) in [6.07, 6.45) is 7.14. The number of rotatable bonds is 5. The molecule has 1 saturated carbocycles. The summed E-state index contributed by atoms with van der Waals surface area (Å²) in [5.41, 5.74) is 3.12. The maximum atomic E-state index is 4.28. The van der Waals surface area contributed by atoms with Crippen LogP contribution in [0.2, 0.25) is 0 Å². The first-order valence-corrected chi connectivity index (χ1v) is 7.26. The number of hydrogen-bond donors (Lipinski definition) is 1. The second-order valence-electron chi connectivity index (χ2n) is 5.03. The molecule has 1 aliphatic rings. The summed E-state index contributed by atoms with van der Waals surface area (Å²) in [5.74, 6) is 0.977. The van der Waals surface area contributed by atoms with Crippen molar-refractivity contribution < 1.29 is 0 Å². The van der Waals surface area contributed by atoms with Gasteiger partial charge in [0.25, 0.3) is 0 Å². The SMILES string of the molecule is Cc1ncsc1CNC(C)CC1CCCC1. The van der Waals surface area contributed by atoms with E-state index in [1.807, 2.05) is 5.51 Å². The quantitative estimate of drug-likeness (QED) is 0.849. The molecular formula is C13H22N2S. The number of aryl methyl sites for hydroxylation is 1. The van der Waals surface area contributed by atoms with E-state index in [1.165, 1.54) is 42.7 Å². The molecule has 0 saturated heterocycles. The van der Waals surface area contributed by atoms with Gasteiger partial charge in [0.1, 0.15) is 0 Å². The molecule has 0 aromatic carbocycles. The summed E-state index contributed by atoms with van der Waals surface area (Å²) < 4.78 is 0. The molecule has 0 aliphatic heterocycles. The highest BCUT2D eigenvalue weighted by molar-refractivity contribution is 7.09. The molecule has 1 aromatic rings. The fourth-order valence-electron chi connectivity index (χ4n) is 2.59. The lowest BCUT2D eigenvalue weighted by atomic mass is 9.99. The molecule has 1 atom stereocenters. The van der Waals surface area contributed by atoms with Gasteiger partial charge in [0.15, 0.2) is 0 Å². The van der Waals surface area contributed by atoms with Crippen LogP contribution >= 0.6 is 11.3 Å². The third-order valence-corrected chi connectivity index (χ3v) is 4.55. The minimum Gasteiger partial charge on any atom is -0.309 e. The van der Waals surface area contributed by atoms with Crippen molar-refractivity contribution >= 4 is 11.3 Å². The maximum absolute atomic E-state index is 4.28. The van der Waals surface area contributed by atoms with Crippen LogP contribution in [-0.2, 0) is 6.54 Å². The molecule has 1 aromatic heterocycles. The first-order valence-electron chi connectivity index (χ1n) is 6.38. The third kappa shape index (κ3) is 3.29. The van der Waals surface area contributed by atoms with Crippen LogP contribution in [-0.4, -0.2) is 11.0 Å². The zero-order chi connectivity index (χ0) is 11.4. The summed E-state index contributed by atoms with van der Waals surface area (Å²) >= 11 is 1.76.